The molecule has 23 heavy (non-hydrogen) atoms. The van der Waals surface area contributed by atoms with Crippen LogP contribution in [0.15, 0.2) is 21.7 Å². The van der Waals surface area contributed by atoms with Gasteiger partial charge in [-0.05, 0) is 12.1 Å². The Morgan fingerprint density at radius 1 is 1.13 bits per heavy atom. The Kier molecular flexibility index (Phi) is 4.86. The normalized spacial score (nSPS) is 14.6. The van der Waals surface area contributed by atoms with Gasteiger partial charge in [-0.1, -0.05) is 0 Å². The van der Waals surface area contributed by atoms with E-state index in [0.717, 1.165) is 17.7 Å². The minimum Gasteiger partial charge on any atom is -0.335 e. The van der Waals surface area contributed by atoms with Gasteiger partial charge in [0.05, 0.1) is 5.39 Å². The molecule has 0 radical (unpaired) electrons. The van der Waals surface area contributed by atoms with Crippen LogP contribution in [-0.4, -0.2) is 51.1 Å². The highest BCUT2D eigenvalue weighted by molar-refractivity contribution is 5.94. The van der Waals surface area contributed by atoms with Gasteiger partial charge < -0.3 is 10.2 Å². The van der Waals surface area contributed by atoms with Crippen LogP contribution in [0.5, 0.6) is 0 Å². The minimum absolute atomic E-state index is 0. The first kappa shape index (κ1) is 17.2. The lowest BCUT2D eigenvalue weighted by Gasteiger charge is -2.27. The number of carbonyl (C=O) groups is 1. The summed E-state index contributed by atoms with van der Waals surface area (Å²) in [5.41, 5.74) is -0.393. The molecule has 1 aliphatic heterocycles. The Bertz CT molecular complexity index is 867. The zero-order chi connectivity index (χ0) is 15.9. The number of aryl methyl sites for hydroxylation is 1. The van der Waals surface area contributed by atoms with Crippen molar-refractivity contribution in [1.82, 2.24) is 24.3 Å². The average Bonchev–Trinajstić information content (AvgIpc) is 2.57. The second kappa shape index (κ2) is 6.51. The van der Waals surface area contributed by atoms with Crippen molar-refractivity contribution in [1.29, 1.82) is 0 Å². The van der Waals surface area contributed by atoms with E-state index in [9.17, 15) is 14.4 Å². The second-order valence-corrected chi connectivity index (χ2v) is 5.32. The SMILES string of the molecule is Cl.Cn1c(=O)c2ccc(C(=O)N3CCNCC3)nc2n(C)c1=O. The van der Waals surface area contributed by atoms with Crippen molar-refractivity contribution in [2.45, 2.75) is 0 Å². The molecule has 9 heteroatoms. The van der Waals surface area contributed by atoms with Crippen LogP contribution in [-0.2, 0) is 14.1 Å². The molecule has 2 aromatic heterocycles. The predicted molar refractivity (Wildman–Crippen MR) is 88.2 cm³/mol. The Hall–Kier alpha value is -2.19. The van der Waals surface area contributed by atoms with Gasteiger partial charge in [0, 0.05) is 40.3 Å². The van der Waals surface area contributed by atoms with E-state index >= 15 is 0 Å². The number of fused-ring (bicyclic) bond motifs is 1. The van der Waals surface area contributed by atoms with Crippen molar-refractivity contribution in [2.24, 2.45) is 14.1 Å². The van der Waals surface area contributed by atoms with E-state index in [1.807, 2.05) is 0 Å². The molecule has 124 valence electrons. The highest BCUT2D eigenvalue weighted by Crippen LogP contribution is 2.09. The molecular formula is C14H18ClN5O3. The summed E-state index contributed by atoms with van der Waals surface area (Å²) < 4.78 is 2.31. The summed E-state index contributed by atoms with van der Waals surface area (Å²) in [4.78, 5) is 42.5. The molecule has 0 aromatic carbocycles. The summed E-state index contributed by atoms with van der Waals surface area (Å²) in [6.07, 6.45) is 0. The standard InChI is InChI=1S/C14H17N5O3.ClH/c1-17-11-9(12(20)18(2)14(17)22)3-4-10(16-11)13(21)19-7-5-15-6-8-19;/h3-4,15H,5-8H2,1-2H3;1H. The van der Waals surface area contributed by atoms with Gasteiger partial charge in [-0.15, -0.1) is 12.4 Å². The van der Waals surface area contributed by atoms with Crippen molar-refractivity contribution in [3.05, 3.63) is 38.7 Å². The van der Waals surface area contributed by atoms with Crippen LogP contribution >= 0.6 is 12.4 Å². The number of nitrogens with one attached hydrogen (secondary N) is 1. The van der Waals surface area contributed by atoms with Crippen molar-refractivity contribution >= 4 is 29.3 Å². The monoisotopic (exact) mass is 339 g/mol. The van der Waals surface area contributed by atoms with E-state index < -0.39 is 11.2 Å². The summed E-state index contributed by atoms with van der Waals surface area (Å²) in [6.45, 7) is 2.73. The maximum Gasteiger partial charge on any atom is 0.332 e. The van der Waals surface area contributed by atoms with Crippen LogP contribution in [0.2, 0.25) is 0 Å². The molecule has 1 amide bonds. The van der Waals surface area contributed by atoms with Crippen LogP contribution in [0.25, 0.3) is 11.0 Å². The molecule has 1 aliphatic rings. The predicted octanol–water partition coefficient (Wildman–Crippen LogP) is -0.901. The fourth-order valence-corrected chi connectivity index (χ4v) is 2.60. The van der Waals surface area contributed by atoms with E-state index in [-0.39, 0.29) is 29.7 Å². The highest BCUT2D eigenvalue weighted by atomic mass is 35.5. The molecule has 0 unspecified atom stereocenters. The zero-order valence-electron chi connectivity index (χ0n) is 12.9. The van der Waals surface area contributed by atoms with Gasteiger partial charge in [0.25, 0.3) is 11.5 Å². The lowest BCUT2D eigenvalue weighted by molar-refractivity contribution is 0.0730. The summed E-state index contributed by atoms with van der Waals surface area (Å²) in [7, 11) is 2.96. The minimum atomic E-state index is -0.461. The molecule has 8 nitrogen and oxygen atoms in total. The molecule has 0 spiro atoms. The van der Waals surface area contributed by atoms with Gasteiger partial charge in [-0.2, -0.15) is 0 Å². The quantitative estimate of drug-likeness (QED) is 0.727. The number of hydrogen-bond acceptors (Lipinski definition) is 5. The number of rotatable bonds is 1. The van der Waals surface area contributed by atoms with Crippen LogP contribution in [0.1, 0.15) is 10.5 Å². The largest absolute Gasteiger partial charge is 0.335 e. The molecule has 1 saturated heterocycles. The molecule has 2 aromatic rings. The second-order valence-electron chi connectivity index (χ2n) is 5.32. The Morgan fingerprint density at radius 2 is 1.78 bits per heavy atom. The topological polar surface area (TPSA) is 89.2 Å². The molecule has 3 rings (SSSR count). The Morgan fingerprint density at radius 3 is 2.43 bits per heavy atom. The molecule has 1 N–H and O–H groups in total. The first-order valence-electron chi connectivity index (χ1n) is 7.07. The first-order chi connectivity index (χ1) is 10.5. The molecule has 0 atom stereocenters. The van der Waals surface area contributed by atoms with Gasteiger partial charge in [-0.3, -0.25) is 18.7 Å². The number of nitrogens with zero attached hydrogens (tertiary/aromatic N) is 4. The fraction of sp³-hybridized carbons (Fsp3) is 0.429. The fourth-order valence-electron chi connectivity index (χ4n) is 2.60. The zero-order valence-corrected chi connectivity index (χ0v) is 13.7. The first-order valence-corrected chi connectivity index (χ1v) is 7.07. The number of pyridine rings is 1. The van der Waals surface area contributed by atoms with E-state index in [0.29, 0.717) is 18.5 Å². The van der Waals surface area contributed by atoms with Gasteiger partial charge in [0.2, 0.25) is 0 Å². The third-order valence-electron chi connectivity index (χ3n) is 3.93. The van der Waals surface area contributed by atoms with Crippen LogP contribution in [0.4, 0.5) is 0 Å². The molecule has 0 saturated carbocycles. The van der Waals surface area contributed by atoms with Gasteiger partial charge in [0.1, 0.15) is 11.3 Å². The smallest absolute Gasteiger partial charge is 0.332 e. The number of hydrogen-bond donors (Lipinski definition) is 1. The Balaban J connectivity index is 0.00000192. The summed E-state index contributed by atoms with van der Waals surface area (Å²) in [6, 6.07) is 3.10. The number of amides is 1. The number of halogens is 1. The van der Waals surface area contributed by atoms with E-state index in [1.165, 1.54) is 18.7 Å². The molecule has 3 heterocycles. The van der Waals surface area contributed by atoms with Gasteiger partial charge in [-0.25, -0.2) is 9.78 Å². The maximum atomic E-state index is 12.5. The van der Waals surface area contributed by atoms with E-state index in [4.69, 9.17) is 0 Å². The van der Waals surface area contributed by atoms with E-state index in [1.54, 1.807) is 17.0 Å². The lowest BCUT2D eigenvalue weighted by Crippen LogP contribution is -2.46. The van der Waals surface area contributed by atoms with Crippen LogP contribution in [0.3, 0.4) is 0 Å². The number of piperazine rings is 1. The third-order valence-corrected chi connectivity index (χ3v) is 3.93. The molecule has 0 bridgehead atoms. The summed E-state index contributed by atoms with van der Waals surface area (Å²) in [5, 5.41) is 3.50. The van der Waals surface area contributed by atoms with E-state index in [2.05, 4.69) is 10.3 Å². The maximum absolute atomic E-state index is 12.5. The summed E-state index contributed by atoms with van der Waals surface area (Å²) >= 11 is 0. The van der Waals surface area contributed by atoms with Crippen molar-refractivity contribution in [3.8, 4) is 0 Å². The van der Waals surface area contributed by atoms with Crippen LogP contribution in [0, 0.1) is 0 Å². The van der Waals surface area contributed by atoms with Crippen molar-refractivity contribution in [3.63, 3.8) is 0 Å². The number of carbonyl (C=O) groups excluding carboxylic acids is 1. The van der Waals surface area contributed by atoms with Gasteiger partial charge in [0.15, 0.2) is 0 Å². The van der Waals surface area contributed by atoms with Crippen molar-refractivity contribution < 1.29 is 4.79 Å². The lowest BCUT2D eigenvalue weighted by atomic mass is 10.2. The average molecular weight is 340 g/mol. The van der Waals surface area contributed by atoms with Gasteiger partial charge >= 0.3 is 5.69 Å². The molecule has 0 aliphatic carbocycles. The highest BCUT2D eigenvalue weighted by Gasteiger charge is 2.20. The van der Waals surface area contributed by atoms with Crippen molar-refractivity contribution in [2.75, 3.05) is 26.2 Å². The Labute approximate surface area is 138 Å². The third kappa shape index (κ3) is 2.87. The number of aromatic nitrogens is 3. The summed E-state index contributed by atoms with van der Waals surface area (Å²) in [5.74, 6) is -0.184. The molecular weight excluding hydrogens is 322 g/mol. The van der Waals surface area contributed by atoms with Crippen LogP contribution < -0.4 is 16.6 Å². The molecule has 1 fully saturated rings.